The molecule has 0 fully saturated rings. The SMILES string of the molecule is CNC(=O)c1cc(NS(=O)(=O)c2c(F)cccc2F)ccc1Cl. The van der Waals surface area contributed by atoms with Gasteiger partial charge in [0.15, 0.2) is 4.90 Å². The van der Waals surface area contributed by atoms with E-state index in [1.165, 1.54) is 19.2 Å². The maximum atomic E-state index is 13.6. The summed E-state index contributed by atoms with van der Waals surface area (Å²) < 4.78 is 53.6. The summed E-state index contributed by atoms with van der Waals surface area (Å²) in [5.74, 6) is -2.98. The summed E-state index contributed by atoms with van der Waals surface area (Å²) in [6.45, 7) is 0. The average molecular weight is 361 g/mol. The van der Waals surface area contributed by atoms with Crippen molar-refractivity contribution >= 4 is 33.2 Å². The fraction of sp³-hybridized carbons (Fsp3) is 0.0714. The number of halogens is 3. The van der Waals surface area contributed by atoms with E-state index < -0.39 is 32.5 Å². The molecule has 0 aromatic heterocycles. The molecule has 0 bridgehead atoms. The van der Waals surface area contributed by atoms with Crippen molar-refractivity contribution in [3.63, 3.8) is 0 Å². The third-order valence-electron chi connectivity index (χ3n) is 2.88. The Hall–Kier alpha value is -2.19. The van der Waals surface area contributed by atoms with Crippen molar-refractivity contribution in [1.82, 2.24) is 5.32 Å². The van der Waals surface area contributed by atoms with E-state index in [1.54, 1.807) is 0 Å². The predicted octanol–water partition coefficient (Wildman–Crippen LogP) is 2.78. The first kappa shape index (κ1) is 17.2. The summed E-state index contributed by atoms with van der Waals surface area (Å²) in [6, 6.07) is 6.44. The molecule has 9 heteroatoms. The Morgan fingerprint density at radius 3 is 2.30 bits per heavy atom. The highest BCUT2D eigenvalue weighted by Gasteiger charge is 2.24. The molecular formula is C14H11ClF2N2O3S. The van der Waals surface area contributed by atoms with Crippen LogP contribution in [0.3, 0.4) is 0 Å². The Bertz CT molecular complexity index is 852. The van der Waals surface area contributed by atoms with Crippen molar-refractivity contribution in [3.05, 3.63) is 58.6 Å². The van der Waals surface area contributed by atoms with Crippen molar-refractivity contribution < 1.29 is 22.0 Å². The second-order valence-corrected chi connectivity index (χ2v) is 6.46. The van der Waals surface area contributed by atoms with Gasteiger partial charge in [0.25, 0.3) is 15.9 Å². The van der Waals surface area contributed by atoms with E-state index in [0.717, 1.165) is 24.3 Å². The smallest absolute Gasteiger partial charge is 0.267 e. The largest absolute Gasteiger partial charge is 0.355 e. The highest BCUT2D eigenvalue weighted by atomic mass is 35.5. The molecule has 122 valence electrons. The highest BCUT2D eigenvalue weighted by Crippen LogP contribution is 2.25. The minimum Gasteiger partial charge on any atom is -0.355 e. The van der Waals surface area contributed by atoms with Crippen LogP contribution in [0.5, 0.6) is 0 Å². The predicted molar refractivity (Wildman–Crippen MR) is 82.0 cm³/mol. The normalized spacial score (nSPS) is 11.1. The number of carbonyl (C=O) groups is 1. The number of hydrogen-bond donors (Lipinski definition) is 2. The Labute approximate surface area is 136 Å². The molecule has 0 atom stereocenters. The van der Waals surface area contributed by atoms with Gasteiger partial charge in [-0.25, -0.2) is 17.2 Å². The van der Waals surface area contributed by atoms with Crippen LogP contribution < -0.4 is 10.0 Å². The van der Waals surface area contributed by atoms with Gasteiger partial charge in [0.05, 0.1) is 10.6 Å². The molecule has 2 aromatic carbocycles. The summed E-state index contributed by atoms with van der Waals surface area (Å²) in [5.41, 5.74) is -0.0426. The molecule has 2 N–H and O–H groups in total. The van der Waals surface area contributed by atoms with Crippen molar-refractivity contribution in [2.75, 3.05) is 11.8 Å². The van der Waals surface area contributed by atoms with Crippen LogP contribution in [0, 0.1) is 11.6 Å². The Kier molecular flexibility index (Phi) is 4.86. The van der Waals surface area contributed by atoms with Gasteiger partial charge < -0.3 is 5.32 Å². The van der Waals surface area contributed by atoms with Gasteiger partial charge in [0.1, 0.15) is 11.6 Å². The molecule has 0 saturated carbocycles. The van der Waals surface area contributed by atoms with E-state index in [-0.39, 0.29) is 16.3 Å². The van der Waals surface area contributed by atoms with E-state index >= 15 is 0 Å². The summed E-state index contributed by atoms with van der Waals surface area (Å²) in [6.07, 6.45) is 0. The number of rotatable bonds is 4. The van der Waals surface area contributed by atoms with Crippen LogP contribution in [0.2, 0.25) is 5.02 Å². The molecule has 2 rings (SSSR count). The lowest BCUT2D eigenvalue weighted by atomic mass is 10.2. The monoisotopic (exact) mass is 360 g/mol. The topological polar surface area (TPSA) is 75.3 Å². The molecule has 5 nitrogen and oxygen atoms in total. The zero-order valence-corrected chi connectivity index (χ0v) is 13.3. The maximum Gasteiger partial charge on any atom is 0.267 e. The number of benzene rings is 2. The van der Waals surface area contributed by atoms with Crippen LogP contribution in [0.4, 0.5) is 14.5 Å². The van der Waals surface area contributed by atoms with Crippen LogP contribution in [-0.4, -0.2) is 21.4 Å². The quantitative estimate of drug-likeness (QED) is 0.880. The average Bonchev–Trinajstić information content (AvgIpc) is 2.47. The van der Waals surface area contributed by atoms with Gasteiger partial charge in [-0.2, -0.15) is 0 Å². The van der Waals surface area contributed by atoms with Crippen molar-refractivity contribution in [1.29, 1.82) is 0 Å². The van der Waals surface area contributed by atoms with Crippen LogP contribution in [-0.2, 0) is 10.0 Å². The molecule has 0 radical (unpaired) electrons. The Morgan fingerprint density at radius 2 is 1.74 bits per heavy atom. The van der Waals surface area contributed by atoms with E-state index in [0.29, 0.717) is 0 Å². The minimum atomic E-state index is -4.51. The van der Waals surface area contributed by atoms with Gasteiger partial charge in [0.2, 0.25) is 0 Å². The third kappa shape index (κ3) is 3.59. The Morgan fingerprint density at radius 1 is 1.13 bits per heavy atom. The first-order valence-corrected chi connectivity index (χ1v) is 8.11. The van der Waals surface area contributed by atoms with Gasteiger partial charge in [-0.15, -0.1) is 0 Å². The van der Waals surface area contributed by atoms with Crippen molar-refractivity contribution in [2.24, 2.45) is 0 Å². The molecule has 23 heavy (non-hydrogen) atoms. The minimum absolute atomic E-state index is 0.0170. The zero-order chi connectivity index (χ0) is 17.2. The van der Waals surface area contributed by atoms with Crippen LogP contribution in [0.1, 0.15) is 10.4 Å². The molecule has 0 spiro atoms. The standard InChI is InChI=1S/C14H11ClF2N2O3S/c1-18-14(20)9-7-8(5-6-10(9)15)19-23(21,22)13-11(16)3-2-4-12(13)17/h2-7,19H,1H3,(H,18,20). The first-order chi connectivity index (χ1) is 10.8. The van der Waals surface area contributed by atoms with E-state index in [4.69, 9.17) is 11.6 Å². The van der Waals surface area contributed by atoms with Crippen LogP contribution in [0.25, 0.3) is 0 Å². The Balaban J connectivity index is 2.44. The number of hydrogen-bond acceptors (Lipinski definition) is 3. The van der Waals surface area contributed by atoms with E-state index in [1.807, 2.05) is 4.72 Å². The van der Waals surface area contributed by atoms with Gasteiger partial charge in [0, 0.05) is 12.7 Å². The molecule has 0 unspecified atom stereocenters. The van der Waals surface area contributed by atoms with Gasteiger partial charge >= 0.3 is 0 Å². The molecule has 0 heterocycles. The second kappa shape index (κ2) is 6.51. The first-order valence-electron chi connectivity index (χ1n) is 6.24. The lowest BCUT2D eigenvalue weighted by Gasteiger charge is -2.11. The molecule has 1 amide bonds. The molecular weight excluding hydrogens is 350 g/mol. The fourth-order valence-electron chi connectivity index (χ4n) is 1.84. The van der Waals surface area contributed by atoms with Gasteiger partial charge in [-0.1, -0.05) is 17.7 Å². The number of carbonyl (C=O) groups excluding carboxylic acids is 1. The number of nitrogens with one attached hydrogen (secondary N) is 2. The summed E-state index contributed by atoms with van der Waals surface area (Å²) >= 11 is 5.85. The molecule has 0 aliphatic heterocycles. The van der Waals surface area contributed by atoms with Crippen molar-refractivity contribution in [3.8, 4) is 0 Å². The summed E-state index contributed by atoms with van der Waals surface area (Å²) in [5, 5.41) is 2.44. The lowest BCUT2D eigenvalue weighted by Crippen LogP contribution is -2.20. The summed E-state index contributed by atoms with van der Waals surface area (Å²) in [7, 11) is -3.13. The molecule has 0 aliphatic rings. The van der Waals surface area contributed by atoms with E-state index in [9.17, 15) is 22.0 Å². The lowest BCUT2D eigenvalue weighted by molar-refractivity contribution is 0.0963. The van der Waals surface area contributed by atoms with Crippen molar-refractivity contribution in [2.45, 2.75) is 4.90 Å². The molecule has 0 saturated heterocycles. The number of sulfonamides is 1. The van der Waals surface area contributed by atoms with Gasteiger partial charge in [-0.05, 0) is 30.3 Å². The second-order valence-electron chi connectivity index (χ2n) is 4.43. The van der Waals surface area contributed by atoms with Crippen LogP contribution in [0.15, 0.2) is 41.3 Å². The third-order valence-corrected chi connectivity index (χ3v) is 4.64. The highest BCUT2D eigenvalue weighted by molar-refractivity contribution is 7.92. The number of amides is 1. The molecule has 2 aromatic rings. The summed E-state index contributed by atoms with van der Waals surface area (Å²) in [4.78, 5) is 10.5. The maximum absolute atomic E-state index is 13.6. The fourth-order valence-corrected chi connectivity index (χ4v) is 3.24. The zero-order valence-electron chi connectivity index (χ0n) is 11.7. The van der Waals surface area contributed by atoms with Gasteiger partial charge in [-0.3, -0.25) is 9.52 Å². The van der Waals surface area contributed by atoms with Crippen LogP contribution >= 0.6 is 11.6 Å². The number of anilines is 1. The van der Waals surface area contributed by atoms with E-state index in [2.05, 4.69) is 5.32 Å². The molecule has 0 aliphatic carbocycles.